The molecule has 0 bridgehead atoms. The zero-order valence-corrected chi connectivity index (χ0v) is 8.43. The lowest BCUT2D eigenvalue weighted by atomic mass is 9.92. The Labute approximate surface area is 84.3 Å². The monoisotopic (exact) mass is 186 g/mol. The summed E-state index contributed by atoms with van der Waals surface area (Å²) in [5.74, 6) is 1.15. The van der Waals surface area contributed by atoms with Gasteiger partial charge in [0.25, 0.3) is 0 Å². The van der Waals surface area contributed by atoms with Gasteiger partial charge in [-0.05, 0) is 19.8 Å². The van der Waals surface area contributed by atoms with E-state index in [-0.39, 0.29) is 8.85 Å². The molecular weight excluding hydrogens is 160 g/mol. The van der Waals surface area contributed by atoms with Gasteiger partial charge < -0.3 is 5.32 Å². The van der Waals surface area contributed by atoms with Gasteiger partial charge >= 0.3 is 0 Å². The van der Waals surface area contributed by atoms with Crippen molar-refractivity contribution in [3.8, 4) is 0 Å². The van der Waals surface area contributed by atoms with Gasteiger partial charge in [-0.3, -0.25) is 4.99 Å². The summed E-state index contributed by atoms with van der Waals surface area (Å²) in [6.07, 6.45) is 5.39. The van der Waals surface area contributed by atoms with Crippen molar-refractivity contribution in [3.63, 3.8) is 0 Å². The molecule has 2 unspecified atom stereocenters. The predicted molar refractivity (Wildman–Crippen MR) is 62.5 cm³/mol. The van der Waals surface area contributed by atoms with Crippen molar-refractivity contribution < 1.29 is 1.43 Å². The van der Waals surface area contributed by atoms with E-state index in [0.717, 1.165) is 5.84 Å². The first-order valence-electron chi connectivity index (χ1n) is 5.17. The summed E-state index contributed by atoms with van der Waals surface area (Å²) in [7, 11) is 0. The minimum absolute atomic E-state index is 0. The fraction of sp³-hybridized carbons (Fsp3) is 0.909. The number of hydrogen-bond donors (Lipinski definition) is 1. The van der Waals surface area contributed by atoms with Crippen LogP contribution in [-0.2, 0) is 0 Å². The molecule has 2 nitrogen and oxygen atoms in total. The molecule has 2 rings (SSSR count). The van der Waals surface area contributed by atoms with E-state index < -0.39 is 0 Å². The Morgan fingerprint density at radius 3 is 2.54 bits per heavy atom. The van der Waals surface area contributed by atoms with Gasteiger partial charge in [0.05, 0.1) is 11.9 Å². The summed E-state index contributed by atoms with van der Waals surface area (Å²) in [5.41, 5.74) is 0. The topological polar surface area (TPSA) is 24.4 Å². The average molecular weight is 186 g/mol. The van der Waals surface area contributed by atoms with Crippen LogP contribution >= 0.6 is 0 Å². The smallest absolute Gasteiger partial charge is 0.0938 e. The van der Waals surface area contributed by atoms with Crippen molar-refractivity contribution in [2.24, 2.45) is 4.99 Å². The molecule has 0 radical (unpaired) electrons. The lowest BCUT2D eigenvalue weighted by Crippen LogP contribution is -2.35. The Balaban J connectivity index is 0. The van der Waals surface area contributed by atoms with Gasteiger partial charge in [0.1, 0.15) is 0 Å². The summed E-state index contributed by atoms with van der Waals surface area (Å²) in [6.45, 7) is 6.07. The highest BCUT2D eigenvalue weighted by molar-refractivity contribution is 5.81. The van der Waals surface area contributed by atoms with Gasteiger partial charge in [0.15, 0.2) is 0 Å². The highest BCUT2D eigenvalue weighted by atomic mass is 15.1. The van der Waals surface area contributed by atoms with Crippen molar-refractivity contribution in [3.05, 3.63) is 0 Å². The van der Waals surface area contributed by atoms with Gasteiger partial charge in [-0.15, -0.1) is 0 Å². The summed E-state index contributed by atoms with van der Waals surface area (Å²) in [4.78, 5) is 4.52. The average Bonchev–Trinajstić information content (AvgIpc) is 2.48. The molecule has 0 saturated heterocycles. The van der Waals surface area contributed by atoms with E-state index >= 15 is 0 Å². The summed E-state index contributed by atoms with van der Waals surface area (Å²) < 4.78 is 0. The van der Waals surface area contributed by atoms with Crippen LogP contribution < -0.4 is 5.32 Å². The maximum Gasteiger partial charge on any atom is 0.0938 e. The van der Waals surface area contributed by atoms with Gasteiger partial charge in [0.2, 0.25) is 0 Å². The zero-order chi connectivity index (χ0) is 8.97. The molecule has 2 aliphatic rings. The van der Waals surface area contributed by atoms with Crippen LogP contribution in [0, 0.1) is 0 Å². The first kappa shape index (κ1) is 12.5. The predicted octanol–water partition coefficient (Wildman–Crippen LogP) is 3.23. The second kappa shape index (κ2) is 6.01. The van der Waals surface area contributed by atoms with E-state index in [2.05, 4.69) is 17.2 Å². The van der Waals surface area contributed by atoms with Gasteiger partial charge in [0, 0.05) is 7.47 Å². The normalized spacial score (nSPS) is 29.9. The summed E-state index contributed by atoms with van der Waals surface area (Å²) >= 11 is 0. The molecule has 1 aliphatic carbocycles. The number of amidine groups is 1. The molecule has 0 aromatic carbocycles. The van der Waals surface area contributed by atoms with Crippen LogP contribution in [0.5, 0.6) is 0 Å². The molecule has 0 aromatic rings. The first-order valence-corrected chi connectivity index (χ1v) is 5.17. The van der Waals surface area contributed by atoms with Crippen LogP contribution in [0.4, 0.5) is 0 Å². The van der Waals surface area contributed by atoms with E-state index in [1.165, 1.54) is 25.7 Å². The molecule has 1 aliphatic heterocycles. The van der Waals surface area contributed by atoms with E-state index in [9.17, 15) is 0 Å². The summed E-state index contributed by atoms with van der Waals surface area (Å²) in [5, 5.41) is 3.41. The third-order valence-electron chi connectivity index (χ3n) is 2.48. The number of fused-ring (bicyclic) bond motifs is 1. The Kier molecular flexibility index (Phi) is 5.76. The second-order valence-electron chi connectivity index (χ2n) is 3.32. The van der Waals surface area contributed by atoms with Crippen molar-refractivity contribution in [1.82, 2.24) is 5.32 Å². The van der Waals surface area contributed by atoms with Crippen molar-refractivity contribution in [2.45, 2.75) is 66.0 Å². The van der Waals surface area contributed by atoms with Crippen LogP contribution in [-0.4, -0.2) is 17.9 Å². The lowest BCUT2D eigenvalue weighted by Gasteiger charge is -2.23. The molecule has 1 saturated carbocycles. The van der Waals surface area contributed by atoms with E-state index in [1.54, 1.807) is 0 Å². The Morgan fingerprint density at radius 2 is 1.92 bits per heavy atom. The van der Waals surface area contributed by atoms with E-state index in [1.807, 2.05) is 13.8 Å². The quantitative estimate of drug-likeness (QED) is 0.617. The molecule has 0 amide bonds. The zero-order valence-electron chi connectivity index (χ0n) is 8.43. The van der Waals surface area contributed by atoms with Gasteiger partial charge in [-0.2, -0.15) is 0 Å². The minimum atomic E-state index is 0. The van der Waals surface area contributed by atoms with Gasteiger partial charge in [-0.25, -0.2) is 0 Å². The standard InChI is InChI=1S/C8H14N2.C2H6.CH4.H2/c1-6-9-7-4-2-3-5-8(7)10-6;1-2;;/h7-8H,2-5H2,1H3,(H,9,10);1-2H3;1H4;1H. The Morgan fingerprint density at radius 1 is 1.31 bits per heavy atom. The SMILES string of the molecule is C.CC.CC1=NC2CCCCC2N1.[HH]. The fourth-order valence-corrected chi connectivity index (χ4v) is 1.99. The van der Waals surface area contributed by atoms with Crippen LogP contribution in [0.25, 0.3) is 0 Å². The molecule has 13 heavy (non-hydrogen) atoms. The number of nitrogens with one attached hydrogen (secondary N) is 1. The minimum Gasteiger partial charge on any atom is -0.369 e. The molecule has 1 fully saturated rings. The van der Waals surface area contributed by atoms with Crippen molar-refractivity contribution >= 4 is 5.84 Å². The maximum absolute atomic E-state index is 4.52. The number of hydrogen-bond acceptors (Lipinski definition) is 2. The highest BCUT2D eigenvalue weighted by Crippen LogP contribution is 2.24. The molecule has 80 valence electrons. The third-order valence-corrected chi connectivity index (χ3v) is 2.48. The Hall–Kier alpha value is -0.530. The van der Waals surface area contributed by atoms with Crippen LogP contribution in [0.3, 0.4) is 0 Å². The van der Waals surface area contributed by atoms with Gasteiger partial charge in [-0.1, -0.05) is 34.1 Å². The third kappa shape index (κ3) is 3.02. The second-order valence-corrected chi connectivity index (χ2v) is 3.32. The Bertz CT molecular complexity index is 169. The molecule has 0 aromatic heterocycles. The van der Waals surface area contributed by atoms with E-state index in [0.29, 0.717) is 12.1 Å². The van der Waals surface area contributed by atoms with E-state index in [4.69, 9.17) is 0 Å². The van der Waals surface area contributed by atoms with Crippen LogP contribution in [0.1, 0.15) is 55.3 Å². The molecule has 1 heterocycles. The highest BCUT2D eigenvalue weighted by Gasteiger charge is 2.28. The number of nitrogens with zero attached hydrogens (tertiary/aromatic N) is 1. The van der Waals surface area contributed by atoms with Crippen molar-refractivity contribution in [2.75, 3.05) is 0 Å². The van der Waals surface area contributed by atoms with Crippen LogP contribution in [0.15, 0.2) is 4.99 Å². The van der Waals surface area contributed by atoms with Crippen LogP contribution in [0.2, 0.25) is 0 Å². The molecule has 2 atom stereocenters. The maximum atomic E-state index is 4.52. The summed E-state index contributed by atoms with van der Waals surface area (Å²) in [6, 6.07) is 1.31. The molecular formula is C11H26N2. The largest absolute Gasteiger partial charge is 0.369 e. The molecule has 0 spiro atoms. The van der Waals surface area contributed by atoms with Crippen molar-refractivity contribution in [1.29, 1.82) is 0 Å². The first-order chi connectivity index (χ1) is 5.86. The molecule has 2 heteroatoms. The fourth-order valence-electron chi connectivity index (χ4n) is 1.99. The lowest BCUT2D eigenvalue weighted by molar-refractivity contribution is 0.384. The molecule has 1 N–H and O–H groups in total. The number of aliphatic imine (C=N–C) groups is 1. The number of rotatable bonds is 0.